The Bertz CT molecular complexity index is 874. The van der Waals surface area contributed by atoms with Crippen LogP contribution in [0, 0.1) is 0 Å². The Hall–Kier alpha value is -4.05. The summed E-state index contributed by atoms with van der Waals surface area (Å²) in [5, 5.41) is 42.0. The second kappa shape index (κ2) is 12.7. The number of carbonyl (C=O) groups is 6. The zero-order chi connectivity index (χ0) is 25.1. The Balaban J connectivity index is 3.04. The van der Waals surface area contributed by atoms with Crippen LogP contribution in [0.4, 0.5) is 0 Å². The molecule has 0 bridgehead atoms. The molecular weight excluding hydrogens is 448 g/mol. The Morgan fingerprint density at radius 1 is 0.879 bits per heavy atom. The maximum atomic E-state index is 12.8. The first kappa shape index (κ1) is 27.0. The van der Waals surface area contributed by atoms with E-state index in [1.54, 1.807) is 0 Å². The number of amides is 3. The predicted molar refractivity (Wildman–Crippen MR) is 105 cm³/mol. The summed E-state index contributed by atoms with van der Waals surface area (Å²) in [7, 11) is 0. The van der Waals surface area contributed by atoms with E-state index in [1.807, 2.05) is 5.32 Å². The molecule has 0 spiro atoms. The molecule has 0 fully saturated rings. The molecule has 16 nitrogen and oxygen atoms in total. The lowest BCUT2D eigenvalue weighted by molar-refractivity contribution is -0.144. The van der Waals surface area contributed by atoms with E-state index < -0.39 is 79.2 Å². The molecule has 0 aromatic carbocycles. The van der Waals surface area contributed by atoms with E-state index in [0.29, 0.717) is 5.69 Å². The van der Waals surface area contributed by atoms with Gasteiger partial charge in [-0.05, 0) is 0 Å². The van der Waals surface area contributed by atoms with Crippen molar-refractivity contribution in [1.29, 1.82) is 0 Å². The summed E-state index contributed by atoms with van der Waals surface area (Å²) in [6.45, 7) is -0.991. The molecule has 0 aliphatic carbocycles. The van der Waals surface area contributed by atoms with Crippen LogP contribution in [0.2, 0.25) is 0 Å². The maximum absolute atomic E-state index is 12.8. The number of carboxylic acid groups (broad SMARTS) is 3. The van der Waals surface area contributed by atoms with E-state index in [2.05, 4.69) is 20.6 Å². The molecule has 0 aliphatic heterocycles. The highest BCUT2D eigenvalue weighted by molar-refractivity contribution is 5.96. The number of hydrogen-bond donors (Lipinski definition) is 9. The van der Waals surface area contributed by atoms with Crippen LogP contribution in [-0.2, 0) is 35.2 Å². The first-order valence-corrected chi connectivity index (χ1v) is 9.35. The van der Waals surface area contributed by atoms with Gasteiger partial charge in [-0.25, -0.2) is 9.78 Å². The number of nitrogens with two attached hydrogens (primary N) is 1. The van der Waals surface area contributed by atoms with Gasteiger partial charge in [0, 0.05) is 18.3 Å². The van der Waals surface area contributed by atoms with Crippen LogP contribution in [0.25, 0.3) is 0 Å². The average Bonchev–Trinajstić information content (AvgIpc) is 3.22. The minimum atomic E-state index is -1.77. The standard InChI is InChI=1S/C17H24N6O10/c18-8(2-12(25)26)14(29)21-9(1-7-4-19-6-20-7)15(30)22-10(3-13(27)28)16(31)23-11(5-24)17(32)33/h4,6,8-11,24H,1-3,5,18H2,(H,19,20)(H,21,29)(H,22,30)(H,23,31)(H,25,26)(H,27,28)(H,32,33). The van der Waals surface area contributed by atoms with Crippen molar-refractivity contribution in [2.24, 2.45) is 5.73 Å². The maximum Gasteiger partial charge on any atom is 0.328 e. The predicted octanol–water partition coefficient (Wildman–Crippen LogP) is -4.24. The summed E-state index contributed by atoms with van der Waals surface area (Å²) in [5.74, 6) is -7.71. The fraction of sp³-hybridized carbons (Fsp3) is 0.471. The topological polar surface area (TPSA) is 274 Å². The van der Waals surface area contributed by atoms with Gasteiger partial charge in [0.25, 0.3) is 0 Å². The number of rotatable bonds is 14. The van der Waals surface area contributed by atoms with Crippen LogP contribution < -0.4 is 21.7 Å². The summed E-state index contributed by atoms with van der Waals surface area (Å²) in [4.78, 5) is 76.6. The van der Waals surface area contributed by atoms with Crippen molar-refractivity contribution in [1.82, 2.24) is 25.9 Å². The molecule has 4 unspecified atom stereocenters. The number of aliphatic hydroxyl groups is 1. The fourth-order valence-electron chi connectivity index (χ4n) is 2.50. The minimum Gasteiger partial charge on any atom is -0.481 e. The minimum absolute atomic E-state index is 0.215. The molecule has 0 saturated carbocycles. The number of carboxylic acids is 3. The van der Waals surface area contributed by atoms with Gasteiger partial charge in [0.2, 0.25) is 17.7 Å². The van der Waals surface area contributed by atoms with Crippen LogP contribution in [0.15, 0.2) is 12.5 Å². The monoisotopic (exact) mass is 472 g/mol. The summed E-state index contributed by atoms with van der Waals surface area (Å²) in [6, 6.07) is -6.45. The summed E-state index contributed by atoms with van der Waals surface area (Å²) in [5.41, 5.74) is 5.84. The normalized spacial score (nSPS) is 14.2. The van der Waals surface area contributed by atoms with Gasteiger partial charge in [0.05, 0.1) is 31.8 Å². The van der Waals surface area contributed by atoms with Crippen molar-refractivity contribution in [2.75, 3.05) is 6.61 Å². The quantitative estimate of drug-likeness (QED) is 0.124. The third-order valence-electron chi connectivity index (χ3n) is 4.15. The van der Waals surface area contributed by atoms with E-state index in [0.717, 1.165) is 0 Å². The molecule has 0 radical (unpaired) electrons. The first-order valence-electron chi connectivity index (χ1n) is 9.35. The summed E-state index contributed by atoms with van der Waals surface area (Å²) in [6.07, 6.45) is 0.714. The number of aromatic amines is 1. The number of hydrogen-bond acceptors (Lipinski definition) is 9. The molecule has 4 atom stereocenters. The second-order valence-corrected chi connectivity index (χ2v) is 6.79. The number of aromatic nitrogens is 2. The van der Waals surface area contributed by atoms with E-state index >= 15 is 0 Å². The molecule has 1 heterocycles. The third-order valence-corrected chi connectivity index (χ3v) is 4.15. The van der Waals surface area contributed by atoms with Gasteiger partial charge in [0.15, 0.2) is 0 Å². The zero-order valence-electron chi connectivity index (χ0n) is 17.1. The van der Waals surface area contributed by atoms with Crippen LogP contribution in [0.3, 0.4) is 0 Å². The Kier molecular flexibility index (Phi) is 10.4. The second-order valence-electron chi connectivity index (χ2n) is 6.79. The highest BCUT2D eigenvalue weighted by Gasteiger charge is 2.32. The van der Waals surface area contributed by atoms with Crippen molar-refractivity contribution >= 4 is 35.6 Å². The number of aliphatic carboxylic acids is 3. The molecule has 1 aromatic rings. The lowest BCUT2D eigenvalue weighted by atomic mass is 10.1. The first-order chi connectivity index (χ1) is 15.4. The molecule has 3 amide bonds. The molecule has 0 aliphatic rings. The number of nitrogens with zero attached hydrogens (tertiary/aromatic N) is 1. The van der Waals surface area contributed by atoms with Gasteiger partial charge in [-0.15, -0.1) is 0 Å². The Morgan fingerprint density at radius 2 is 1.42 bits per heavy atom. The molecule has 10 N–H and O–H groups in total. The van der Waals surface area contributed by atoms with Gasteiger partial charge in [-0.3, -0.25) is 24.0 Å². The van der Waals surface area contributed by atoms with Crippen LogP contribution >= 0.6 is 0 Å². The van der Waals surface area contributed by atoms with E-state index in [1.165, 1.54) is 12.5 Å². The molecule has 33 heavy (non-hydrogen) atoms. The van der Waals surface area contributed by atoms with Crippen LogP contribution in [-0.4, -0.2) is 96.8 Å². The lowest BCUT2D eigenvalue weighted by Crippen LogP contribution is -2.58. The number of imidazole rings is 1. The van der Waals surface area contributed by atoms with E-state index in [9.17, 15) is 28.8 Å². The van der Waals surface area contributed by atoms with Crippen molar-refractivity contribution in [3.8, 4) is 0 Å². The molecule has 1 rings (SSSR count). The van der Waals surface area contributed by atoms with E-state index in [-0.39, 0.29) is 6.42 Å². The Morgan fingerprint density at radius 3 is 1.91 bits per heavy atom. The van der Waals surface area contributed by atoms with Crippen molar-refractivity contribution in [2.45, 2.75) is 43.4 Å². The molecule has 16 heteroatoms. The van der Waals surface area contributed by atoms with Crippen molar-refractivity contribution in [3.05, 3.63) is 18.2 Å². The number of nitrogens with one attached hydrogen (secondary N) is 4. The van der Waals surface area contributed by atoms with Gasteiger partial charge in [-0.2, -0.15) is 0 Å². The highest BCUT2D eigenvalue weighted by Crippen LogP contribution is 2.03. The average molecular weight is 472 g/mol. The highest BCUT2D eigenvalue weighted by atomic mass is 16.4. The smallest absolute Gasteiger partial charge is 0.328 e. The van der Waals surface area contributed by atoms with Gasteiger partial charge in [-0.1, -0.05) is 0 Å². The summed E-state index contributed by atoms with van der Waals surface area (Å²) < 4.78 is 0. The molecule has 182 valence electrons. The van der Waals surface area contributed by atoms with Gasteiger partial charge in [0.1, 0.15) is 18.1 Å². The Labute approximate surface area is 185 Å². The van der Waals surface area contributed by atoms with Crippen LogP contribution in [0.5, 0.6) is 0 Å². The molecule has 1 aromatic heterocycles. The molecule has 0 saturated heterocycles. The summed E-state index contributed by atoms with van der Waals surface area (Å²) >= 11 is 0. The molecular formula is C17H24N6O10. The number of aliphatic hydroxyl groups excluding tert-OH is 1. The van der Waals surface area contributed by atoms with Crippen molar-refractivity contribution < 1.29 is 49.2 Å². The third kappa shape index (κ3) is 9.32. The number of carbonyl (C=O) groups excluding carboxylic acids is 3. The van der Waals surface area contributed by atoms with Gasteiger partial charge < -0.3 is 47.1 Å². The fourth-order valence-corrected chi connectivity index (χ4v) is 2.50. The number of H-pyrrole nitrogens is 1. The lowest BCUT2D eigenvalue weighted by Gasteiger charge is -2.24. The van der Waals surface area contributed by atoms with Crippen molar-refractivity contribution in [3.63, 3.8) is 0 Å². The zero-order valence-corrected chi connectivity index (χ0v) is 17.1. The van der Waals surface area contributed by atoms with Gasteiger partial charge >= 0.3 is 17.9 Å². The van der Waals surface area contributed by atoms with Crippen LogP contribution in [0.1, 0.15) is 18.5 Å². The SMILES string of the molecule is NC(CC(=O)O)C(=O)NC(Cc1cnc[nH]1)C(=O)NC(CC(=O)O)C(=O)NC(CO)C(=O)O. The van der Waals surface area contributed by atoms with E-state index in [4.69, 9.17) is 26.2 Å². The largest absolute Gasteiger partial charge is 0.481 e.